The molecular weight excluding hydrogens is 304 g/mol. The van der Waals surface area contributed by atoms with Gasteiger partial charge < -0.3 is 15.4 Å². The van der Waals surface area contributed by atoms with Crippen molar-refractivity contribution < 1.29 is 4.74 Å². The van der Waals surface area contributed by atoms with E-state index in [1.165, 1.54) is 0 Å². The summed E-state index contributed by atoms with van der Waals surface area (Å²) < 4.78 is 6.82. The molecule has 3 aromatic rings. The summed E-state index contributed by atoms with van der Waals surface area (Å²) in [5.41, 5.74) is 2.96. The smallest absolute Gasteiger partial charge is 0.226 e. The van der Waals surface area contributed by atoms with Crippen molar-refractivity contribution in [1.29, 1.82) is 0 Å². The maximum absolute atomic E-state index is 5.07. The Kier molecular flexibility index (Phi) is 4.90. The summed E-state index contributed by atoms with van der Waals surface area (Å²) >= 11 is 0. The second-order valence-electron chi connectivity index (χ2n) is 5.61. The molecule has 0 aliphatic rings. The van der Waals surface area contributed by atoms with Gasteiger partial charge in [-0.2, -0.15) is 15.1 Å². The Hall–Kier alpha value is -2.67. The van der Waals surface area contributed by atoms with Crippen LogP contribution in [0.2, 0.25) is 0 Å². The molecule has 7 nitrogen and oxygen atoms in total. The zero-order valence-electron chi connectivity index (χ0n) is 14.2. The Labute approximate surface area is 141 Å². The van der Waals surface area contributed by atoms with E-state index in [0.29, 0.717) is 12.6 Å². The van der Waals surface area contributed by atoms with Crippen LogP contribution >= 0.6 is 0 Å². The topological polar surface area (TPSA) is 76.9 Å². The number of aromatic nitrogens is 4. The van der Waals surface area contributed by atoms with Crippen molar-refractivity contribution >= 4 is 28.5 Å². The van der Waals surface area contributed by atoms with Gasteiger partial charge in [-0.05, 0) is 25.0 Å². The minimum Gasteiger partial charge on any atom is -0.385 e. The molecule has 0 atom stereocenters. The molecular formula is C17H22N6O. The Bertz CT molecular complexity index is 829. The first kappa shape index (κ1) is 16.2. The Morgan fingerprint density at radius 2 is 2.04 bits per heavy atom. The molecule has 0 saturated carbocycles. The zero-order chi connectivity index (χ0) is 16.9. The fourth-order valence-electron chi connectivity index (χ4n) is 2.45. The Morgan fingerprint density at radius 3 is 2.83 bits per heavy atom. The van der Waals surface area contributed by atoms with E-state index in [1.807, 2.05) is 25.2 Å². The molecule has 0 saturated heterocycles. The van der Waals surface area contributed by atoms with Crippen molar-refractivity contribution in [2.24, 2.45) is 7.05 Å². The highest BCUT2D eigenvalue weighted by Crippen LogP contribution is 2.26. The standard InChI is InChI=1S/C17H22N6O/c1-12-7-4-5-8-14(12)20-15-13-11-19-23(2)16(13)22-17(21-15)18-9-6-10-24-3/h4-5,7-8,11H,6,9-10H2,1-3H3,(H2,18,20,21,22). The van der Waals surface area contributed by atoms with E-state index < -0.39 is 0 Å². The number of para-hydroxylation sites is 1. The average molecular weight is 326 g/mol. The lowest BCUT2D eigenvalue weighted by atomic mass is 10.2. The average Bonchev–Trinajstić information content (AvgIpc) is 2.95. The third-order valence-corrected chi connectivity index (χ3v) is 3.80. The number of hydrogen-bond donors (Lipinski definition) is 2. The third kappa shape index (κ3) is 3.46. The molecule has 126 valence electrons. The van der Waals surface area contributed by atoms with Crippen LogP contribution in [0.1, 0.15) is 12.0 Å². The van der Waals surface area contributed by atoms with Crippen molar-refractivity contribution in [2.45, 2.75) is 13.3 Å². The van der Waals surface area contributed by atoms with Crippen LogP contribution in [-0.4, -0.2) is 40.0 Å². The molecule has 2 heterocycles. The van der Waals surface area contributed by atoms with Crippen LogP contribution in [0, 0.1) is 6.92 Å². The number of rotatable bonds is 7. The molecule has 2 aromatic heterocycles. The number of benzene rings is 1. The first-order valence-electron chi connectivity index (χ1n) is 7.94. The summed E-state index contributed by atoms with van der Waals surface area (Å²) in [5.74, 6) is 1.33. The predicted molar refractivity (Wildman–Crippen MR) is 95.7 cm³/mol. The molecule has 0 spiro atoms. The maximum Gasteiger partial charge on any atom is 0.226 e. The van der Waals surface area contributed by atoms with Gasteiger partial charge >= 0.3 is 0 Å². The number of aryl methyl sites for hydroxylation is 2. The molecule has 0 unspecified atom stereocenters. The summed E-state index contributed by atoms with van der Waals surface area (Å²) in [6, 6.07) is 8.11. The van der Waals surface area contributed by atoms with Gasteiger partial charge in [-0.1, -0.05) is 18.2 Å². The van der Waals surface area contributed by atoms with Gasteiger partial charge in [0.05, 0.1) is 11.6 Å². The summed E-state index contributed by atoms with van der Waals surface area (Å²) in [5, 5.41) is 11.8. The molecule has 0 radical (unpaired) electrons. The normalized spacial score (nSPS) is 11.0. The van der Waals surface area contributed by atoms with Crippen molar-refractivity contribution in [2.75, 3.05) is 30.9 Å². The van der Waals surface area contributed by atoms with E-state index in [4.69, 9.17) is 4.74 Å². The van der Waals surface area contributed by atoms with Gasteiger partial charge in [0.15, 0.2) is 5.65 Å². The van der Waals surface area contributed by atoms with E-state index in [9.17, 15) is 0 Å². The van der Waals surface area contributed by atoms with E-state index in [0.717, 1.165) is 41.1 Å². The largest absolute Gasteiger partial charge is 0.385 e. The summed E-state index contributed by atoms with van der Waals surface area (Å²) in [6.45, 7) is 3.52. The fraction of sp³-hybridized carbons (Fsp3) is 0.353. The van der Waals surface area contributed by atoms with E-state index >= 15 is 0 Å². The minimum atomic E-state index is 0.582. The molecule has 3 rings (SSSR count). The molecule has 0 aliphatic heterocycles. The van der Waals surface area contributed by atoms with Crippen LogP contribution in [-0.2, 0) is 11.8 Å². The summed E-state index contributed by atoms with van der Waals surface area (Å²) in [7, 11) is 3.57. The van der Waals surface area contributed by atoms with E-state index in [-0.39, 0.29) is 0 Å². The van der Waals surface area contributed by atoms with Gasteiger partial charge in [-0.3, -0.25) is 4.68 Å². The van der Waals surface area contributed by atoms with Gasteiger partial charge in [-0.25, -0.2) is 0 Å². The predicted octanol–water partition coefficient (Wildman–Crippen LogP) is 2.86. The van der Waals surface area contributed by atoms with Gasteiger partial charge in [0.1, 0.15) is 5.82 Å². The number of anilines is 3. The summed E-state index contributed by atoms with van der Waals surface area (Å²) in [4.78, 5) is 9.18. The van der Waals surface area contributed by atoms with Crippen LogP contribution in [0.25, 0.3) is 11.0 Å². The quantitative estimate of drug-likeness (QED) is 0.650. The monoisotopic (exact) mass is 326 g/mol. The third-order valence-electron chi connectivity index (χ3n) is 3.80. The Morgan fingerprint density at radius 1 is 1.21 bits per heavy atom. The Balaban J connectivity index is 1.91. The highest BCUT2D eigenvalue weighted by atomic mass is 16.5. The van der Waals surface area contributed by atoms with Crippen molar-refractivity contribution in [1.82, 2.24) is 19.7 Å². The molecule has 24 heavy (non-hydrogen) atoms. The lowest BCUT2D eigenvalue weighted by Crippen LogP contribution is -2.09. The van der Waals surface area contributed by atoms with Crippen molar-refractivity contribution in [3.05, 3.63) is 36.0 Å². The number of ether oxygens (including phenoxy) is 1. The minimum absolute atomic E-state index is 0.582. The number of methoxy groups -OCH3 is 1. The molecule has 7 heteroatoms. The van der Waals surface area contributed by atoms with Gasteiger partial charge in [0, 0.05) is 33.0 Å². The lowest BCUT2D eigenvalue weighted by Gasteiger charge is -2.12. The van der Waals surface area contributed by atoms with Crippen molar-refractivity contribution in [3.63, 3.8) is 0 Å². The molecule has 0 aliphatic carbocycles. The van der Waals surface area contributed by atoms with Crippen LogP contribution in [0.4, 0.5) is 17.5 Å². The first-order valence-corrected chi connectivity index (χ1v) is 7.94. The van der Waals surface area contributed by atoms with Crippen molar-refractivity contribution in [3.8, 4) is 0 Å². The van der Waals surface area contributed by atoms with Crippen LogP contribution in [0.5, 0.6) is 0 Å². The molecule has 0 bridgehead atoms. The number of hydrogen-bond acceptors (Lipinski definition) is 6. The second-order valence-corrected chi connectivity index (χ2v) is 5.61. The van der Waals surface area contributed by atoms with Gasteiger partial charge in [-0.15, -0.1) is 0 Å². The van der Waals surface area contributed by atoms with E-state index in [1.54, 1.807) is 18.0 Å². The first-order chi connectivity index (χ1) is 11.7. The number of fused-ring (bicyclic) bond motifs is 1. The second kappa shape index (κ2) is 7.27. The maximum atomic E-state index is 5.07. The SMILES string of the molecule is COCCCNc1nc(Nc2ccccc2C)c2cnn(C)c2n1. The van der Waals surface area contributed by atoms with Crippen LogP contribution in [0.15, 0.2) is 30.5 Å². The number of nitrogens with zero attached hydrogens (tertiary/aromatic N) is 4. The molecule has 1 aromatic carbocycles. The van der Waals surface area contributed by atoms with Gasteiger partial charge in [0.2, 0.25) is 5.95 Å². The number of nitrogens with one attached hydrogen (secondary N) is 2. The highest BCUT2D eigenvalue weighted by molar-refractivity contribution is 5.89. The van der Waals surface area contributed by atoms with E-state index in [2.05, 4.69) is 38.7 Å². The van der Waals surface area contributed by atoms with Gasteiger partial charge in [0.25, 0.3) is 0 Å². The zero-order valence-corrected chi connectivity index (χ0v) is 14.2. The fourth-order valence-corrected chi connectivity index (χ4v) is 2.45. The molecule has 2 N–H and O–H groups in total. The lowest BCUT2D eigenvalue weighted by molar-refractivity contribution is 0.197. The summed E-state index contributed by atoms with van der Waals surface area (Å²) in [6.07, 6.45) is 2.68. The molecule has 0 amide bonds. The highest BCUT2D eigenvalue weighted by Gasteiger charge is 2.12. The van der Waals surface area contributed by atoms with Crippen LogP contribution < -0.4 is 10.6 Å². The van der Waals surface area contributed by atoms with Crippen LogP contribution in [0.3, 0.4) is 0 Å². The molecule has 0 fully saturated rings.